The van der Waals surface area contributed by atoms with Crippen molar-refractivity contribution in [3.63, 3.8) is 0 Å². The summed E-state index contributed by atoms with van der Waals surface area (Å²) in [5.74, 6) is 0.448. The van der Waals surface area contributed by atoms with Gasteiger partial charge in [-0.25, -0.2) is 17.5 Å². The molecule has 6 nitrogen and oxygen atoms in total. The molecule has 1 N–H and O–H groups in total. The van der Waals surface area contributed by atoms with E-state index in [1.807, 2.05) is 0 Å². The summed E-state index contributed by atoms with van der Waals surface area (Å²) in [6.07, 6.45) is 0. The summed E-state index contributed by atoms with van der Waals surface area (Å²) in [6.45, 7) is 2.63. The standard InChI is InChI=1S/C17H18FNO5S/c1-11(12-3-5-16-17(9-12)24-8-7-23-16)19-25(20,21)13-4-6-15(22-2)14(18)10-13/h3-6,9-11,19H,7-8H2,1-2H3/t11-/m1/s1. The van der Waals surface area contributed by atoms with E-state index >= 15 is 0 Å². The van der Waals surface area contributed by atoms with Crippen LogP contribution in [0.5, 0.6) is 17.2 Å². The van der Waals surface area contributed by atoms with Gasteiger partial charge >= 0.3 is 0 Å². The Labute approximate surface area is 145 Å². The molecule has 0 aliphatic carbocycles. The molecule has 134 valence electrons. The van der Waals surface area contributed by atoms with Crippen molar-refractivity contribution < 1.29 is 27.0 Å². The Morgan fingerprint density at radius 3 is 2.52 bits per heavy atom. The molecule has 1 atom stereocenters. The van der Waals surface area contributed by atoms with E-state index < -0.39 is 21.9 Å². The number of benzene rings is 2. The van der Waals surface area contributed by atoms with Crippen LogP contribution in [0.15, 0.2) is 41.3 Å². The smallest absolute Gasteiger partial charge is 0.241 e. The number of ether oxygens (including phenoxy) is 3. The first-order valence-corrected chi connectivity index (χ1v) is 9.14. The Balaban J connectivity index is 1.81. The second-order valence-electron chi connectivity index (χ2n) is 5.54. The molecule has 0 bridgehead atoms. The minimum atomic E-state index is -3.89. The molecule has 0 spiro atoms. The lowest BCUT2D eigenvalue weighted by Crippen LogP contribution is -2.27. The highest BCUT2D eigenvalue weighted by molar-refractivity contribution is 7.89. The number of rotatable bonds is 5. The molecule has 0 radical (unpaired) electrons. The third-order valence-corrected chi connectivity index (χ3v) is 5.37. The largest absolute Gasteiger partial charge is 0.494 e. The molecule has 0 fully saturated rings. The van der Waals surface area contributed by atoms with Crippen molar-refractivity contribution in [1.82, 2.24) is 4.72 Å². The number of nitrogens with one attached hydrogen (secondary N) is 1. The van der Waals surface area contributed by atoms with Crippen LogP contribution in [-0.4, -0.2) is 28.7 Å². The zero-order valence-electron chi connectivity index (χ0n) is 13.8. The summed E-state index contributed by atoms with van der Waals surface area (Å²) in [4.78, 5) is -0.171. The molecule has 3 rings (SSSR count). The maximum absolute atomic E-state index is 13.8. The zero-order valence-corrected chi connectivity index (χ0v) is 14.6. The molecule has 0 unspecified atom stereocenters. The monoisotopic (exact) mass is 367 g/mol. The first-order chi connectivity index (χ1) is 11.9. The zero-order chi connectivity index (χ0) is 18.0. The molecule has 1 heterocycles. The summed E-state index contributed by atoms with van der Waals surface area (Å²) in [7, 11) is -2.58. The van der Waals surface area contributed by atoms with E-state index in [9.17, 15) is 12.8 Å². The maximum atomic E-state index is 13.8. The summed E-state index contributed by atoms with van der Waals surface area (Å²) in [6, 6.07) is 8.19. The topological polar surface area (TPSA) is 73.9 Å². The molecule has 2 aromatic carbocycles. The molecule has 2 aromatic rings. The average molecular weight is 367 g/mol. The highest BCUT2D eigenvalue weighted by Gasteiger charge is 2.21. The third kappa shape index (κ3) is 3.69. The number of halogens is 1. The lowest BCUT2D eigenvalue weighted by Gasteiger charge is -2.21. The maximum Gasteiger partial charge on any atom is 0.241 e. The predicted molar refractivity (Wildman–Crippen MR) is 89.1 cm³/mol. The number of hydrogen-bond acceptors (Lipinski definition) is 5. The van der Waals surface area contributed by atoms with Gasteiger partial charge in [0.05, 0.1) is 12.0 Å². The highest BCUT2D eigenvalue weighted by atomic mass is 32.2. The Bertz CT molecular complexity index is 885. The van der Waals surface area contributed by atoms with Gasteiger partial charge < -0.3 is 14.2 Å². The van der Waals surface area contributed by atoms with E-state index in [2.05, 4.69) is 4.72 Å². The first-order valence-electron chi connectivity index (χ1n) is 7.66. The molecular weight excluding hydrogens is 349 g/mol. The summed E-state index contributed by atoms with van der Waals surface area (Å²) >= 11 is 0. The van der Waals surface area contributed by atoms with Crippen LogP contribution in [0.2, 0.25) is 0 Å². The average Bonchev–Trinajstić information content (AvgIpc) is 2.60. The Kier molecular flexibility index (Phi) is 4.82. The van der Waals surface area contributed by atoms with Crippen molar-refractivity contribution in [2.24, 2.45) is 0 Å². The molecule has 0 saturated heterocycles. The summed E-state index contributed by atoms with van der Waals surface area (Å²) in [5, 5.41) is 0. The Morgan fingerprint density at radius 1 is 1.12 bits per heavy atom. The summed E-state index contributed by atoms with van der Waals surface area (Å²) in [5.41, 5.74) is 0.710. The number of fused-ring (bicyclic) bond motifs is 1. The Morgan fingerprint density at radius 2 is 1.84 bits per heavy atom. The van der Waals surface area contributed by atoms with Crippen LogP contribution in [0.1, 0.15) is 18.5 Å². The molecule has 1 aliphatic rings. The van der Waals surface area contributed by atoms with Gasteiger partial charge in [0.2, 0.25) is 10.0 Å². The lowest BCUT2D eigenvalue weighted by molar-refractivity contribution is 0.171. The minimum absolute atomic E-state index is 0.0150. The van der Waals surface area contributed by atoms with Gasteiger partial charge in [0.25, 0.3) is 0 Å². The minimum Gasteiger partial charge on any atom is -0.494 e. The Hall–Kier alpha value is -2.32. The van der Waals surface area contributed by atoms with Crippen molar-refractivity contribution in [2.75, 3.05) is 20.3 Å². The molecule has 8 heteroatoms. The van der Waals surface area contributed by atoms with Crippen LogP contribution in [0.3, 0.4) is 0 Å². The van der Waals surface area contributed by atoms with E-state index in [0.29, 0.717) is 30.3 Å². The van der Waals surface area contributed by atoms with E-state index in [1.165, 1.54) is 19.2 Å². The van der Waals surface area contributed by atoms with Gasteiger partial charge in [0, 0.05) is 6.04 Å². The van der Waals surface area contributed by atoms with Crippen LogP contribution in [0.4, 0.5) is 4.39 Å². The quantitative estimate of drug-likeness (QED) is 0.879. The first kappa shape index (κ1) is 17.5. The third-order valence-electron chi connectivity index (χ3n) is 3.83. The molecule has 0 aromatic heterocycles. The van der Waals surface area contributed by atoms with Gasteiger partial charge in [0.1, 0.15) is 13.2 Å². The second-order valence-corrected chi connectivity index (χ2v) is 7.26. The SMILES string of the molecule is COc1ccc(S(=O)(=O)N[C@H](C)c2ccc3c(c2)OCCO3)cc1F. The van der Waals surface area contributed by atoms with Crippen LogP contribution in [0.25, 0.3) is 0 Å². The fourth-order valence-electron chi connectivity index (χ4n) is 2.51. The van der Waals surface area contributed by atoms with Crippen molar-refractivity contribution in [2.45, 2.75) is 17.9 Å². The molecule has 0 saturated carbocycles. The van der Waals surface area contributed by atoms with Gasteiger partial charge in [-0.2, -0.15) is 0 Å². The molecule has 0 amide bonds. The van der Waals surface area contributed by atoms with E-state index in [-0.39, 0.29) is 10.6 Å². The summed E-state index contributed by atoms with van der Waals surface area (Å²) < 4.78 is 57.0. The van der Waals surface area contributed by atoms with Crippen LogP contribution in [0, 0.1) is 5.82 Å². The van der Waals surface area contributed by atoms with Crippen LogP contribution >= 0.6 is 0 Å². The second kappa shape index (κ2) is 6.89. The number of sulfonamides is 1. The van der Waals surface area contributed by atoms with Crippen molar-refractivity contribution in [1.29, 1.82) is 0 Å². The van der Waals surface area contributed by atoms with Crippen LogP contribution < -0.4 is 18.9 Å². The van der Waals surface area contributed by atoms with E-state index in [4.69, 9.17) is 14.2 Å². The van der Waals surface area contributed by atoms with Gasteiger partial charge in [-0.3, -0.25) is 0 Å². The van der Waals surface area contributed by atoms with Crippen LogP contribution in [-0.2, 0) is 10.0 Å². The normalized spacial score (nSPS) is 14.8. The van der Waals surface area contributed by atoms with Gasteiger partial charge in [-0.1, -0.05) is 6.07 Å². The van der Waals surface area contributed by atoms with Gasteiger partial charge in [-0.15, -0.1) is 0 Å². The van der Waals surface area contributed by atoms with E-state index in [1.54, 1.807) is 25.1 Å². The molecular formula is C17H18FNO5S. The predicted octanol–water partition coefficient (Wildman–Crippen LogP) is 2.65. The molecule has 1 aliphatic heterocycles. The van der Waals surface area contributed by atoms with Gasteiger partial charge in [0.15, 0.2) is 23.1 Å². The highest BCUT2D eigenvalue weighted by Crippen LogP contribution is 2.33. The fourth-order valence-corrected chi connectivity index (χ4v) is 3.76. The van der Waals surface area contributed by atoms with E-state index in [0.717, 1.165) is 6.07 Å². The lowest BCUT2D eigenvalue weighted by atomic mass is 10.1. The van der Waals surface area contributed by atoms with Gasteiger partial charge in [-0.05, 0) is 42.8 Å². The number of hydrogen-bond donors (Lipinski definition) is 1. The van der Waals surface area contributed by atoms with Crippen molar-refractivity contribution in [3.8, 4) is 17.2 Å². The fraction of sp³-hybridized carbons (Fsp3) is 0.294. The number of methoxy groups -OCH3 is 1. The van der Waals surface area contributed by atoms with Crippen molar-refractivity contribution in [3.05, 3.63) is 47.8 Å². The molecule has 25 heavy (non-hydrogen) atoms. The van der Waals surface area contributed by atoms with Crippen molar-refractivity contribution >= 4 is 10.0 Å².